The van der Waals surface area contributed by atoms with Gasteiger partial charge in [-0.05, 0) is 6.26 Å². The Morgan fingerprint density at radius 1 is 1.40 bits per heavy atom. The number of fused-ring (bicyclic) bond motifs is 1. The van der Waals surface area contributed by atoms with Crippen LogP contribution in [0.4, 0.5) is 5.82 Å². The molecule has 0 aromatic carbocycles. The van der Waals surface area contributed by atoms with Gasteiger partial charge in [0.2, 0.25) is 0 Å². The summed E-state index contributed by atoms with van der Waals surface area (Å²) in [4.78, 5) is 15.1. The number of imidazole rings is 1. The highest BCUT2D eigenvalue weighted by Gasteiger charge is 2.29. The van der Waals surface area contributed by atoms with Gasteiger partial charge in [-0.2, -0.15) is 11.8 Å². The normalized spacial score (nSPS) is 17.4. The molecule has 1 fully saturated rings. The molecule has 3 heterocycles. The molecule has 2 aromatic rings. The van der Waals surface area contributed by atoms with Gasteiger partial charge in [-0.3, -0.25) is 0 Å². The van der Waals surface area contributed by atoms with Gasteiger partial charge in [0.05, 0.1) is 25.6 Å². The average molecular weight is 295 g/mol. The maximum absolute atomic E-state index is 9.54. The van der Waals surface area contributed by atoms with Crippen LogP contribution in [0.5, 0.6) is 0 Å². The molecule has 108 valence electrons. The molecular formula is C12H17N5O2S. The van der Waals surface area contributed by atoms with E-state index in [1.807, 2.05) is 11.8 Å². The molecule has 0 saturated carbocycles. The van der Waals surface area contributed by atoms with Crippen LogP contribution in [-0.2, 0) is 6.54 Å². The van der Waals surface area contributed by atoms with Gasteiger partial charge < -0.3 is 19.7 Å². The van der Waals surface area contributed by atoms with E-state index in [1.54, 1.807) is 10.9 Å². The second kappa shape index (κ2) is 5.55. The van der Waals surface area contributed by atoms with Crippen molar-refractivity contribution in [3.63, 3.8) is 0 Å². The van der Waals surface area contributed by atoms with Crippen LogP contribution in [0.2, 0.25) is 0 Å². The van der Waals surface area contributed by atoms with E-state index in [0.29, 0.717) is 10.9 Å². The molecule has 1 aliphatic heterocycles. The van der Waals surface area contributed by atoms with Crippen LogP contribution in [0.25, 0.3) is 11.2 Å². The van der Waals surface area contributed by atoms with Crippen LogP contribution < -0.4 is 4.90 Å². The van der Waals surface area contributed by atoms with Crippen molar-refractivity contribution < 1.29 is 10.2 Å². The number of aliphatic hydroxyl groups is 2. The zero-order valence-electron chi connectivity index (χ0n) is 11.2. The Hall–Kier alpha value is -1.38. The molecule has 0 aliphatic carbocycles. The Morgan fingerprint density at radius 3 is 2.90 bits per heavy atom. The van der Waals surface area contributed by atoms with Crippen molar-refractivity contribution in [3.05, 3.63) is 12.7 Å². The van der Waals surface area contributed by atoms with Crippen molar-refractivity contribution >= 4 is 28.7 Å². The third-order valence-electron chi connectivity index (χ3n) is 3.48. The monoisotopic (exact) mass is 295 g/mol. The highest BCUT2D eigenvalue weighted by Crippen LogP contribution is 2.29. The molecule has 0 spiro atoms. The molecule has 2 aromatic heterocycles. The second-order valence-electron chi connectivity index (χ2n) is 4.87. The van der Waals surface area contributed by atoms with Gasteiger partial charge in [0.15, 0.2) is 17.0 Å². The topological polar surface area (TPSA) is 87.3 Å². The Morgan fingerprint density at radius 2 is 2.20 bits per heavy atom. The lowest BCUT2D eigenvalue weighted by Gasteiger charge is -2.39. The fourth-order valence-electron chi connectivity index (χ4n) is 2.28. The first-order valence-electron chi connectivity index (χ1n) is 6.45. The van der Waals surface area contributed by atoms with E-state index < -0.39 is 6.10 Å². The average Bonchev–Trinajstić information content (AvgIpc) is 2.81. The number of anilines is 1. The van der Waals surface area contributed by atoms with E-state index in [4.69, 9.17) is 5.11 Å². The summed E-state index contributed by atoms with van der Waals surface area (Å²) in [5, 5.41) is 19.1. The number of aromatic nitrogens is 4. The molecule has 0 radical (unpaired) electrons. The fourth-order valence-corrected chi connectivity index (χ4v) is 2.94. The van der Waals surface area contributed by atoms with E-state index in [0.717, 1.165) is 24.4 Å². The summed E-state index contributed by atoms with van der Waals surface area (Å²) >= 11 is 1.86. The zero-order chi connectivity index (χ0) is 14.1. The summed E-state index contributed by atoms with van der Waals surface area (Å²) in [6.45, 7) is 1.94. The zero-order valence-corrected chi connectivity index (χ0v) is 12.0. The third kappa shape index (κ3) is 2.34. The lowest BCUT2D eigenvalue weighted by Crippen LogP contribution is -2.49. The Labute approximate surface area is 120 Å². The van der Waals surface area contributed by atoms with Crippen LogP contribution >= 0.6 is 11.8 Å². The maximum Gasteiger partial charge on any atom is 0.165 e. The predicted molar refractivity (Wildman–Crippen MR) is 77.9 cm³/mol. The summed E-state index contributed by atoms with van der Waals surface area (Å²) in [6.07, 6.45) is 4.46. The molecule has 1 atom stereocenters. The number of aliphatic hydroxyl groups excluding tert-OH is 2. The number of nitrogens with zero attached hydrogens (tertiary/aromatic N) is 5. The van der Waals surface area contributed by atoms with Crippen molar-refractivity contribution in [2.24, 2.45) is 0 Å². The molecule has 2 N–H and O–H groups in total. The van der Waals surface area contributed by atoms with E-state index in [9.17, 15) is 5.11 Å². The van der Waals surface area contributed by atoms with Crippen LogP contribution in [0.15, 0.2) is 12.7 Å². The number of hydrogen-bond acceptors (Lipinski definition) is 7. The van der Waals surface area contributed by atoms with Crippen molar-refractivity contribution in [1.82, 2.24) is 19.5 Å². The molecule has 0 amide bonds. The minimum Gasteiger partial charge on any atom is -0.394 e. The Balaban J connectivity index is 1.88. The van der Waals surface area contributed by atoms with Crippen LogP contribution in [0.3, 0.4) is 0 Å². The standard InChI is InChI=1S/C12H17N5O2S/c1-20-9-3-16(4-9)11-10-12(14-6-13-11)17(7-15-10)2-8(19)5-18/h6-9,18-19H,2-5H2,1H3. The van der Waals surface area contributed by atoms with E-state index in [2.05, 4.69) is 26.1 Å². The summed E-state index contributed by atoms with van der Waals surface area (Å²) in [5.74, 6) is 0.845. The molecule has 3 rings (SSSR count). The van der Waals surface area contributed by atoms with Gasteiger partial charge in [-0.1, -0.05) is 0 Å². The van der Waals surface area contributed by atoms with Gasteiger partial charge in [0, 0.05) is 18.3 Å². The van der Waals surface area contributed by atoms with Gasteiger partial charge in [-0.25, -0.2) is 15.0 Å². The molecular weight excluding hydrogens is 278 g/mol. The van der Waals surface area contributed by atoms with E-state index in [1.165, 1.54) is 6.33 Å². The van der Waals surface area contributed by atoms with Crippen molar-refractivity contribution in [3.8, 4) is 0 Å². The van der Waals surface area contributed by atoms with Crippen LogP contribution in [0, 0.1) is 0 Å². The predicted octanol–water partition coefficient (Wildman–Crippen LogP) is -0.269. The van der Waals surface area contributed by atoms with E-state index in [-0.39, 0.29) is 13.2 Å². The second-order valence-corrected chi connectivity index (χ2v) is 6.00. The Bertz CT molecular complexity index is 599. The molecule has 1 saturated heterocycles. The first-order valence-corrected chi connectivity index (χ1v) is 7.74. The van der Waals surface area contributed by atoms with Crippen LogP contribution in [0.1, 0.15) is 0 Å². The Kier molecular flexibility index (Phi) is 3.77. The molecule has 20 heavy (non-hydrogen) atoms. The lowest BCUT2D eigenvalue weighted by atomic mass is 10.2. The largest absolute Gasteiger partial charge is 0.394 e. The SMILES string of the molecule is CSC1CN(c2ncnc3c2ncn3CC(O)CO)C1. The quantitative estimate of drug-likeness (QED) is 0.785. The summed E-state index contributed by atoms with van der Waals surface area (Å²) in [6, 6.07) is 0. The molecule has 7 nitrogen and oxygen atoms in total. The fraction of sp³-hybridized carbons (Fsp3) is 0.583. The van der Waals surface area contributed by atoms with Gasteiger partial charge in [0.1, 0.15) is 6.33 Å². The first kappa shape index (κ1) is 13.6. The van der Waals surface area contributed by atoms with Gasteiger partial charge in [0.25, 0.3) is 0 Å². The highest BCUT2D eigenvalue weighted by molar-refractivity contribution is 7.99. The van der Waals surface area contributed by atoms with Crippen molar-refractivity contribution in [1.29, 1.82) is 0 Å². The minimum atomic E-state index is -0.810. The van der Waals surface area contributed by atoms with Crippen molar-refractivity contribution in [2.45, 2.75) is 17.9 Å². The molecule has 0 bridgehead atoms. The maximum atomic E-state index is 9.54. The van der Waals surface area contributed by atoms with Crippen molar-refractivity contribution in [2.75, 3.05) is 30.9 Å². The van der Waals surface area contributed by atoms with E-state index >= 15 is 0 Å². The highest BCUT2D eigenvalue weighted by atomic mass is 32.2. The summed E-state index contributed by atoms with van der Waals surface area (Å²) in [7, 11) is 0. The number of rotatable bonds is 5. The van der Waals surface area contributed by atoms with Gasteiger partial charge in [-0.15, -0.1) is 0 Å². The summed E-state index contributed by atoms with van der Waals surface area (Å²) < 4.78 is 1.74. The molecule has 1 unspecified atom stereocenters. The first-order chi connectivity index (χ1) is 9.72. The lowest BCUT2D eigenvalue weighted by molar-refractivity contribution is 0.0820. The number of hydrogen-bond donors (Lipinski definition) is 2. The third-order valence-corrected chi connectivity index (χ3v) is 4.45. The number of thioether (sulfide) groups is 1. The minimum absolute atomic E-state index is 0.275. The van der Waals surface area contributed by atoms with Gasteiger partial charge >= 0.3 is 0 Å². The molecule has 8 heteroatoms. The smallest absolute Gasteiger partial charge is 0.165 e. The van der Waals surface area contributed by atoms with Crippen LogP contribution in [-0.4, -0.2) is 67.0 Å². The molecule has 1 aliphatic rings. The summed E-state index contributed by atoms with van der Waals surface area (Å²) in [5.41, 5.74) is 1.44.